The summed E-state index contributed by atoms with van der Waals surface area (Å²) in [6, 6.07) is 30.4. The first-order chi connectivity index (χ1) is 22.8. The van der Waals surface area contributed by atoms with Crippen LogP contribution >= 0.6 is 11.6 Å². The van der Waals surface area contributed by atoms with Gasteiger partial charge in [-0.15, -0.1) is 0 Å². The molecule has 0 aromatic heterocycles. The molecule has 0 bridgehead atoms. The normalized spacial score (nSPS) is 13.9. The van der Waals surface area contributed by atoms with Crippen molar-refractivity contribution in [1.82, 2.24) is 10.2 Å². The third-order valence-corrected chi connectivity index (χ3v) is 10.5. The van der Waals surface area contributed by atoms with Gasteiger partial charge in [0.25, 0.3) is 10.0 Å². The second-order valence-corrected chi connectivity index (χ2v) is 13.8. The molecule has 4 aromatic rings. The molecule has 10 heteroatoms. The van der Waals surface area contributed by atoms with Gasteiger partial charge < -0.3 is 15.0 Å². The first kappa shape index (κ1) is 34.0. The zero-order chi connectivity index (χ0) is 33.2. The molecule has 0 heterocycles. The minimum absolute atomic E-state index is 0.00933. The molecular weight excluding hydrogens is 634 g/mol. The first-order valence-electron chi connectivity index (χ1n) is 15.9. The summed E-state index contributed by atoms with van der Waals surface area (Å²) in [6.07, 6.45) is 4.07. The Balaban J connectivity index is 1.54. The Morgan fingerprint density at radius 1 is 0.872 bits per heavy atom. The maximum atomic E-state index is 14.6. The summed E-state index contributed by atoms with van der Waals surface area (Å²) in [5.41, 5.74) is 1.84. The monoisotopic (exact) mass is 673 g/mol. The van der Waals surface area contributed by atoms with Crippen molar-refractivity contribution in [2.24, 2.45) is 0 Å². The number of nitrogens with one attached hydrogen (secondary N) is 1. The predicted octanol–water partition coefficient (Wildman–Crippen LogP) is 6.63. The van der Waals surface area contributed by atoms with Crippen LogP contribution in [0.15, 0.2) is 114 Å². The Labute approximate surface area is 282 Å². The number of hydrogen-bond donors (Lipinski definition) is 1. The molecule has 2 amide bonds. The van der Waals surface area contributed by atoms with Crippen LogP contribution in [0.2, 0.25) is 5.02 Å². The number of halogens is 1. The van der Waals surface area contributed by atoms with Crippen LogP contribution < -0.4 is 14.4 Å². The van der Waals surface area contributed by atoms with Gasteiger partial charge in [-0.25, -0.2) is 8.42 Å². The number of benzene rings is 4. The van der Waals surface area contributed by atoms with Crippen LogP contribution in [0.25, 0.3) is 0 Å². The van der Waals surface area contributed by atoms with E-state index in [1.165, 1.54) is 17.0 Å². The molecular formula is C37H40ClN3O5S. The fraction of sp³-hybridized carbons (Fsp3) is 0.297. The van der Waals surface area contributed by atoms with Gasteiger partial charge in [-0.3, -0.25) is 13.9 Å². The van der Waals surface area contributed by atoms with Gasteiger partial charge in [0.1, 0.15) is 18.3 Å². The largest absolute Gasteiger partial charge is 0.494 e. The topological polar surface area (TPSA) is 96.0 Å². The van der Waals surface area contributed by atoms with E-state index in [1.54, 1.807) is 54.6 Å². The van der Waals surface area contributed by atoms with Gasteiger partial charge in [-0.1, -0.05) is 91.2 Å². The van der Waals surface area contributed by atoms with E-state index in [-0.39, 0.29) is 29.8 Å². The van der Waals surface area contributed by atoms with Gasteiger partial charge in [0, 0.05) is 24.0 Å². The highest BCUT2D eigenvalue weighted by Crippen LogP contribution is 2.27. The molecule has 4 aromatic carbocycles. The van der Waals surface area contributed by atoms with Crippen molar-refractivity contribution < 1.29 is 22.7 Å². The van der Waals surface area contributed by atoms with Gasteiger partial charge in [-0.05, 0) is 73.4 Å². The first-order valence-corrected chi connectivity index (χ1v) is 17.8. The lowest BCUT2D eigenvalue weighted by Crippen LogP contribution is -2.54. The summed E-state index contributed by atoms with van der Waals surface area (Å²) < 4.78 is 35.0. The van der Waals surface area contributed by atoms with Crippen molar-refractivity contribution in [2.75, 3.05) is 17.5 Å². The molecule has 1 N–H and O–H groups in total. The maximum Gasteiger partial charge on any atom is 0.264 e. The van der Waals surface area contributed by atoms with Crippen LogP contribution in [0.4, 0.5) is 5.69 Å². The number of carbonyl (C=O) groups is 2. The lowest BCUT2D eigenvalue weighted by atomic mass is 10.0. The summed E-state index contributed by atoms with van der Waals surface area (Å²) in [6.45, 7) is 1.77. The number of nitrogens with zero attached hydrogens (tertiary/aromatic N) is 2. The van der Waals surface area contributed by atoms with Crippen LogP contribution in [-0.2, 0) is 32.6 Å². The predicted molar refractivity (Wildman–Crippen MR) is 185 cm³/mol. The Morgan fingerprint density at radius 2 is 1.49 bits per heavy atom. The molecule has 47 heavy (non-hydrogen) atoms. The molecule has 0 radical (unpaired) electrons. The molecule has 0 spiro atoms. The summed E-state index contributed by atoms with van der Waals surface area (Å²) in [7, 11) is -4.22. The van der Waals surface area contributed by atoms with Crippen molar-refractivity contribution in [3.8, 4) is 5.75 Å². The smallest absolute Gasteiger partial charge is 0.264 e. The second-order valence-electron chi connectivity index (χ2n) is 11.6. The SMILES string of the molecule is CCOc1ccc(S(=O)(=O)N(CC(=O)N(Cc2ccccc2Cl)[C@@H](Cc2ccccc2)C(=O)NC2CCCC2)c2ccccc2)cc1. The van der Waals surface area contributed by atoms with E-state index in [9.17, 15) is 18.0 Å². The molecule has 1 atom stereocenters. The Hall–Kier alpha value is -4.34. The number of amides is 2. The summed E-state index contributed by atoms with van der Waals surface area (Å²) in [5, 5.41) is 3.63. The van der Waals surface area contributed by atoms with E-state index in [0.29, 0.717) is 28.6 Å². The molecule has 1 aliphatic carbocycles. The molecule has 1 aliphatic rings. The standard InChI is InChI=1S/C37H40ClN3O5S/c1-2-46-32-21-23-33(24-22-32)47(44,45)41(31-18-7-4-8-19-31)27-36(42)40(26-29-15-9-12-20-34(29)38)35(25-28-13-5-3-6-14-28)37(43)39-30-16-10-11-17-30/h3-9,12-15,18-24,30,35H,2,10-11,16-17,25-27H2,1H3,(H,39,43)/t35-/m0/s1. The summed E-state index contributed by atoms with van der Waals surface area (Å²) in [4.78, 5) is 30.2. The minimum atomic E-state index is -4.22. The van der Waals surface area contributed by atoms with Crippen molar-refractivity contribution >= 4 is 39.1 Å². The molecule has 5 rings (SSSR count). The van der Waals surface area contributed by atoms with E-state index < -0.39 is 28.5 Å². The van der Waals surface area contributed by atoms with Crippen molar-refractivity contribution in [3.05, 3.63) is 125 Å². The number of rotatable bonds is 14. The maximum absolute atomic E-state index is 14.6. The number of hydrogen-bond acceptors (Lipinski definition) is 5. The van der Waals surface area contributed by atoms with E-state index in [4.69, 9.17) is 16.3 Å². The second kappa shape index (κ2) is 16.0. The summed E-state index contributed by atoms with van der Waals surface area (Å²) in [5.74, 6) is -0.274. The van der Waals surface area contributed by atoms with Crippen molar-refractivity contribution in [3.63, 3.8) is 0 Å². The van der Waals surface area contributed by atoms with E-state index in [0.717, 1.165) is 35.6 Å². The van der Waals surface area contributed by atoms with Crippen LogP contribution in [0.3, 0.4) is 0 Å². The molecule has 1 fully saturated rings. The highest BCUT2D eigenvalue weighted by atomic mass is 35.5. The number of carbonyl (C=O) groups excluding carboxylic acids is 2. The molecule has 0 unspecified atom stereocenters. The van der Waals surface area contributed by atoms with Crippen LogP contribution in [0, 0.1) is 0 Å². The van der Waals surface area contributed by atoms with Crippen LogP contribution in [0.1, 0.15) is 43.7 Å². The number of ether oxygens (including phenoxy) is 1. The van der Waals surface area contributed by atoms with Gasteiger partial charge >= 0.3 is 0 Å². The highest BCUT2D eigenvalue weighted by Gasteiger charge is 2.35. The quantitative estimate of drug-likeness (QED) is 0.162. The van der Waals surface area contributed by atoms with Gasteiger partial charge in [0.05, 0.1) is 17.2 Å². The van der Waals surface area contributed by atoms with Gasteiger partial charge in [0.15, 0.2) is 0 Å². The zero-order valence-electron chi connectivity index (χ0n) is 26.4. The Morgan fingerprint density at radius 3 is 2.13 bits per heavy atom. The minimum Gasteiger partial charge on any atom is -0.494 e. The lowest BCUT2D eigenvalue weighted by molar-refractivity contribution is -0.140. The van der Waals surface area contributed by atoms with Crippen LogP contribution in [-0.4, -0.2) is 50.4 Å². The average Bonchev–Trinajstić information content (AvgIpc) is 3.60. The van der Waals surface area contributed by atoms with Gasteiger partial charge in [-0.2, -0.15) is 0 Å². The summed E-state index contributed by atoms with van der Waals surface area (Å²) >= 11 is 6.59. The number of para-hydroxylation sites is 1. The van der Waals surface area contributed by atoms with E-state index >= 15 is 0 Å². The highest BCUT2D eigenvalue weighted by molar-refractivity contribution is 7.92. The van der Waals surface area contributed by atoms with E-state index in [2.05, 4.69) is 5.32 Å². The molecule has 1 saturated carbocycles. The Kier molecular flexibility index (Phi) is 11.6. The lowest BCUT2D eigenvalue weighted by Gasteiger charge is -2.34. The number of sulfonamides is 1. The van der Waals surface area contributed by atoms with Gasteiger partial charge in [0.2, 0.25) is 11.8 Å². The Bertz CT molecular complexity index is 1730. The van der Waals surface area contributed by atoms with Crippen LogP contribution in [0.5, 0.6) is 5.75 Å². The third-order valence-electron chi connectivity index (χ3n) is 8.32. The average molecular weight is 674 g/mol. The fourth-order valence-corrected chi connectivity index (χ4v) is 7.47. The third kappa shape index (κ3) is 8.73. The molecule has 8 nitrogen and oxygen atoms in total. The molecule has 0 aliphatic heterocycles. The van der Waals surface area contributed by atoms with E-state index in [1.807, 2.05) is 49.4 Å². The number of anilines is 1. The fourth-order valence-electron chi connectivity index (χ4n) is 5.86. The van der Waals surface area contributed by atoms with Crippen molar-refractivity contribution in [1.29, 1.82) is 0 Å². The van der Waals surface area contributed by atoms with Crippen molar-refractivity contribution in [2.45, 2.75) is 62.6 Å². The zero-order valence-corrected chi connectivity index (χ0v) is 28.0. The molecule has 246 valence electrons. The molecule has 0 saturated heterocycles.